The van der Waals surface area contributed by atoms with Gasteiger partial charge in [0.25, 0.3) is 0 Å². The van der Waals surface area contributed by atoms with Crippen molar-refractivity contribution in [2.24, 2.45) is 0 Å². The Kier molecular flexibility index (Phi) is 12.7. The highest BCUT2D eigenvalue weighted by molar-refractivity contribution is 5.85. The lowest BCUT2D eigenvalue weighted by atomic mass is 10.1. The monoisotopic (exact) mass is 573 g/mol. The van der Waals surface area contributed by atoms with E-state index in [9.17, 15) is 22.8 Å². The smallest absolute Gasteiger partial charge is 0.383 e. The van der Waals surface area contributed by atoms with Gasteiger partial charge in [-0.15, -0.1) is 0 Å². The summed E-state index contributed by atoms with van der Waals surface area (Å²) in [5.41, 5.74) is 1.89. The summed E-state index contributed by atoms with van der Waals surface area (Å²) < 4.78 is 44.5. The van der Waals surface area contributed by atoms with E-state index in [2.05, 4.69) is 11.9 Å². The van der Waals surface area contributed by atoms with E-state index >= 15 is 0 Å². The van der Waals surface area contributed by atoms with Crippen molar-refractivity contribution in [3.8, 4) is 0 Å². The Labute approximate surface area is 240 Å². The number of amides is 2. The van der Waals surface area contributed by atoms with Gasteiger partial charge < -0.3 is 19.5 Å². The average molecular weight is 574 g/mol. The van der Waals surface area contributed by atoms with Crippen LogP contribution < -0.4 is 0 Å². The summed E-state index contributed by atoms with van der Waals surface area (Å²) >= 11 is 0. The fourth-order valence-corrected chi connectivity index (χ4v) is 4.88. The molecule has 0 aliphatic heterocycles. The summed E-state index contributed by atoms with van der Waals surface area (Å²) in [5.74, 6) is -0.339. The number of hydrogen-bond donors (Lipinski definition) is 1. The molecule has 0 bridgehead atoms. The maximum Gasteiger partial charge on any atom is 0.416 e. The van der Waals surface area contributed by atoms with Crippen molar-refractivity contribution >= 4 is 22.7 Å². The molecule has 6 nitrogen and oxygen atoms in total. The third-order valence-electron chi connectivity index (χ3n) is 7.32. The number of hydrogen-bond acceptors (Lipinski definition) is 3. The van der Waals surface area contributed by atoms with E-state index in [0.717, 1.165) is 60.7 Å². The molecule has 0 radical (unpaired) electrons. The summed E-state index contributed by atoms with van der Waals surface area (Å²) in [6, 6.07) is 12.8. The maximum atomic E-state index is 13.6. The topological polar surface area (TPSA) is 65.6 Å². The van der Waals surface area contributed by atoms with Crippen molar-refractivity contribution in [2.45, 2.75) is 71.0 Å². The molecule has 3 rings (SSSR count). The minimum Gasteiger partial charge on any atom is -0.383 e. The van der Waals surface area contributed by atoms with Crippen molar-refractivity contribution in [3.05, 3.63) is 71.4 Å². The molecule has 0 atom stereocenters. The average Bonchev–Trinajstić information content (AvgIpc) is 3.37. The van der Waals surface area contributed by atoms with Crippen LogP contribution in [0.25, 0.3) is 10.9 Å². The molecule has 3 aromatic rings. The van der Waals surface area contributed by atoms with Crippen molar-refractivity contribution in [1.82, 2.24) is 14.8 Å². The van der Waals surface area contributed by atoms with Crippen LogP contribution in [0, 0.1) is 0 Å². The van der Waals surface area contributed by atoms with Gasteiger partial charge in [-0.1, -0.05) is 69.4 Å². The number of alkyl halides is 3. The van der Waals surface area contributed by atoms with E-state index in [-0.39, 0.29) is 24.9 Å². The van der Waals surface area contributed by atoms with E-state index in [0.29, 0.717) is 38.1 Å². The molecule has 2 amide bonds. The second-order valence-corrected chi connectivity index (χ2v) is 10.4. The molecule has 1 aromatic heterocycles. The fraction of sp³-hybridized carbons (Fsp3) is 0.500. The maximum absolute atomic E-state index is 13.6. The van der Waals surface area contributed by atoms with E-state index in [1.54, 1.807) is 16.9 Å². The predicted octanol–water partition coefficient (Wildman–Crippen LogP) is 6.98. The molecule has 0 fully saturated rings. The highest BCUT2D eigenvalue weighted by atomic mass is 19.4. The van der Waals surface area contributed by atoms with Gasteiger partial charge in [-0.3, -0.25) is 9.59 Å². The normalized spacial score (nSPS) is 11.6. The van der Waals surface area contributed by atoms with Gasteiger partial charge in [0.15, 0.2) is 0 Å². The molecule has 41 heavy (non-hydrogen) atoms. The highest BCUT2D eigenvalue weighted by Gasteiger charge is 2.30. The van der Waals surface area contributed by atoms with Crippen LogP contribution in [0.15, 0.2) is 54.7 Å². The molecule has 0 aliphatic rings. The van der Waals surface area contributed by atoms with Crippen molar-refractivity contribution in [3.63, 3.8) is 0 Å². The van der Waals surface area contributed by atoms with E-state index in [4.69, 9.17) is 4.74 Å². The van der Waals surface area contributed by atoms with Crippen molar-refractivity contribution in [2.75, 3.05) is 33.4 Å². The van der Waals surface area contributed by atoms with E-state index < -0.39 is 11.7 Å². The molecule has 1 heterocycles. The first-order valence-electron chi connectivity index (χ1n) is 14.5. The number of benzene rings is 2. The number of aromatic amines is 1. The minimum absolute atomic E-state index is 0.0861. The lowest BCUT2D eigenvalue weighted by Crippen LogP contribution is -2.44. The fourth-order valence-electron chi connectivity index (χ4n) is 4.88. The number of halogens is 3. The zero-order valence-electron chi connectivity index (χ0n) is 24.1. The highest BCUT2D eigenvalue weighted by Crippen LogP contribution is 2.29. The number of methoxy groups -OCH3 is 1. The van der Waals surface area contributed by atoms with Crippen molar-refractivity contribution < 1.29 is 27.5 Å². The molecule has 0 saturated carbocycles. The zero-order chi connectivity index (χ0) is 29.7. The lowest BCUT2D eigenvalue weighted by molar-refractivity contribution is -0.141. The Morgan fingerprint density at radius 2 is 1.59 bits per heavy atom. The molecule has 0 aliphatic carbocycles. The molecular formula is C32H42F3N3O3. The van der Waals surface area contributed by atoms with Gasteiger partial charge in [0.05, 0.1) is 18.7 Å². The number of rotatable bonds is 17. The van der Waals surface area contributed by atoms with Gasteiger partial charge in [-0.2, -0.15) is 13.2 Å². The van der Waals surface area contributed by atoms with Gasteiger partial charge in [-0.25, -0.2) is 0 Å². The number of nitrogens with one attached hydrogen (secondary N) is 1. The zero-order valence-corrected chi connectivity index (χ0v) is 24.1. The Balaban J connectivity index is 1.72. The lowest BCUT2D eigenvalue weighted by Gasteiger charge is -2.28. The molecule has 1 N–H and O–H groups in total. The first kappa shape index (κ1) is 32.2. The second-order valence-electron chi connectivity index (χ2n) is 10.4. The Hall–Kier alpha value is -3.33. The van der Waals surface area contributed by atoms with Gasteiger partial charge >= 0.3 is 6.18 Å². The molecule has 0 spiro atoms. The van der Waals surface area contributed by atoms with E-state index in [1.807, 2.05) is 30.5 Å². The number of aromatic nitrogens is 1. The van der Waals surface area contributed by atoms with Gasteiger partial charge in [0.1, 0.15) is 0 Å². The quantitative estimate of drug-likeness (QED) is 0.177. The number of H-pyrrole nitrogens is 1. The number of para-hydroxylation sites is 1. The molecule has 0 unspecified atom stereocenters. The minimum atomic E-state index is -4.43. The molecule has 2 aromatic carbocycles. The van der Waals surface area contributed by atoms with Crippen LogP contribution in [-0.2, 0) is 33.5 Å². The predicted molar refractivity (Wildman–Crippen MR) is 155 cm³/mol. The second kappa shape index (κ2) is 16.2. The van der Waals surface area contributed by atoms with Gasteiger partial charge in [0, 0.05) is 50.3 Å². The molecule has 224 valence electrons. The standard InChI is InChI=1S/C32H42F3N3O3/c1-3-4-5-6-7-8-13-30(39)38(20-21-41-2)24-31(40)37(23-25-14-16-27(17-15-25)32(33,34)35)19-18-26-22-36-29-12-10-9-11-28(26)29/h9-12,14-17,22,36H,3-8,13,18-21,23-24H2,1-2H3. The van der Waals surface area contributed by atoms with Crippen LogP contribution >= 0.6 is 0 Å². The first-order chi connectivity index (χ1) is 19.7. The first-order valence-corrected chi connectivity index (χ1v) is 14.5. The Bertz CT molecular complexity index is 1220. The summed E-state index contributed by atoms with van der Waals surface area (Å²) in [4.78, 5) is 33.1. The number of ether oxygens (including phenoxy) is 1. The summed E-state index contributed by atoms with van der Waals surface area (Å²) in [7, 11) is 1.55. The van der Waals surface area contributed by atoms with Crippen molar-refractivity contribution in [1.29, 1.82) is 0 Å². The van der Waals surface area contributed by atoms with E-state index in [1.165, 1.54) is 18.6 Å². The van der Waals surface area contributed by atoms with Gasteiger partial charge in [0.2, 0.25) is 11.8 Å². The largest absolute Gasteiger partial charge is 0.416 e. The van der Waals surface area contributed by atoms with Crippen LogP contribution in [0.5, 0.6) is 0 Å². The molecule has 9 heteroatoms. The third-order valence-corrected chi connectivity index (χ3v) is 7.32. The molecule has 0 saturated heterocycles. The number of fused-ring (bicyclic) bond motifs is 1. The summed E-state index contributed by atoms with van der Waals surface area (Å²) in [6.45, 7) is 3.16. The molecular weight excluding hydrogens is 531 g/mol. The van der Waals surface area contributed by atoms with Crippen LogP contribution in [0.4, 0.5) is 13.2 Å². The van der Waals surface area contributed by atoms with Gasteiger partial charge in [-0.05, 0) is 42.2 Å². The Morgan fingerprint density at radius 1 is 0.878 bits per heavy atom. The Morgan fingerprint density at radius 3 is 2.29 bits per heavy atom. The number of unbranched alkanes of at least 4 members (excludes halogenated alkanes) is 5. The summed E-state index contributed by atoms with van der Waals surface area (Å²) in [5, 5.41) is 1.06. The van der Waals surface area contributed by atoms with Crippen LogP contribution in [-0.4, -0.2) is 59.9 Å². The number of carbonyl (C=O) groups excluding carboxylic acids is 2. The summed E-state index contributed by atoms with van der Waals surface area (Å²) in [6.07, 6.45) is 4.77. The number of nitrogens with zero attached hydrogens (tertiary/aromatic N) is 2. The SMILES string of the molecule is CCCCCCCCC(=O)N(CCOC)CC(=O)N(CCc1c[nH]c2ccccc12)Cc1ccc(C(F)(F)F)cc1. The van der Waals surface area contributed by atoms with Crippen LogP contribution in [0.1, 0.15) is 68.6 Å². The third kappa shape index (κ3) is 10.2. The van der Waals surface area contributed by atoms with Crippen LogP contribution in [0.3, 0.4) is 0 Å². The number of carbonyl (C=O) groups is 2. The van der Waals surface area contributed by atoms with Crippen LogP contribution in [0.2, 0.25) is 0 Å².